The molecule has 1 amide bonds. The first-order valence-electron chi connectivity index (χ1n) is 8.48. The molecule has 0 aliphatic carbocycles. The molecule has 2 aromatic carbocycles. The van der Waals surface area contributed by atoms with Gasteiger partial charge in [0, 0.05) is 0 Å². The van der Waals surface area contributed by atoms with Gasteiger partial charge in [0.15, 0.2) is 16.7 Å². The van der Waals surface area contributed by atoms with Crippen molar-refractivity contribution in [2.45, 2.75) is 0 Å². The molecule has 0 saturated carbocycles. The van der Waals surface area contributed by atoms with Gasteiger partial charge in [0.1, 0.15) is 0 Å². The van der Waals surface area contributed by atoms with Gasteiger partial charge < -0.3 is 24.6 Å². The molecule has 1 heterocycles. The van der Waals surface area contributed by atoms with Gasteiger partial charge in [-0.05, 0) is 53.7 Å². The lowest BCUT2D eigenvalue weighted by Gasteiger charge is -2.12. The number of aromatic carboxylic acids is 1. The number of amides is 1. The fourth-order valence-electron chi connectivity index (χ4n) is 2.68. The van der Waals surface area contributed by atoms with Crippen LogP contribution in [0.5, 0.6) is 17.2 Å². The van der Waals surface area contributed by atoms with Crippen molar-refractivity contribution in [3.05, 3.63) is 51.4 Å². The molecule has 2 N–H and O–H groups in total. The number of carbonyl (C=O) groups is 2. The Hall–Kier alpha value is -3.17. The molecule has 0 radical (unpaired) electrons. The van der Waals surface area contributed by atoms with Gasteiger partial charge in [0.2, 0.25) is 5.75 Å². The van der Waals surface area contributed by atoms with Crippen molar-refractivity contribution >= 4 is 52.2 Å². The number of nitrogens with zero attached hydrogens (tertiary/aromatic N) is 1. The SMILES string of the molecule is COc1cc(/C=C2\SC(=Nc3ccc(Cl)c(C(=O)O)c3)NC2=O)cc(OC)c1OC. The second kappa shape index (κ2) is 9.10. The molecule has 1 saturated heterocycles. The highest BCUT2D eigenvalue weighted by molar-refractivity contribution is 8.18. The predicted molar refractivity (Wildman–Crippen MR) is 115 cm³/mol. The van der Waals surface area contributed by atoms with Crippen molar-refractivity contribution in [1.29, 1.82) is 0 Å². The van der Waals surface area contributed by atoms with E-state index in [9.17, 15) is 14.7 Å². The Balaban J connectivity index is 1.91. The van der Waals surface area contributed by atoms with Crippen LogP contribution in [0.1, 0.15) is 15.9 Å². The topological polar surface area (TPSA) is 106 Å². The summed E-state index contributed by atoms with van der Waals surface area (Å²) in [5, 5.41) is 12.3. The third kappa shape index (κ3) is 4.52. The summed E-state index contributed by atoms with van der Waals surface area (Å²) in [5.41, 5.74) is 0.956. The molecule has 1 aliphatic rings. The maximum absolute atomic E-state index is 12.4. The molecular formula is C20H17ClN2O6S. The average Bonchev–Trinajstić information content (AvgIpc) is 3.06. The van der Waals surface area contributed by atoms with Gasteiger partial charge in [-0.1, -0.05) is 11.6 Å². The highest BCUT2D eigenvalue weighted by atomic mass is 35.5. The van der Waals surface area contributed by atoms with Crippen LogP contribution in [0.2, 0.25) is 5.02 Å². The van der Waals surface area contributed by atoms with E-state index in [2.05, 4.69) is 10.3 Å². The van der Waals surface area contributed by atoms with Gasteiger partial charge in [0.25, 0.3) is 5.91 Å². The Morgan fingerprint density at radius 1 is 1.13 bits per heavy atom. The van der Waals surface area contributed by atoms with Crippen LogP contribution in [-0.2, 0) is 4.79 Å². The zero-order chi connectivity index (χ0) is 21.8. The number of methoxy groups -OCH3 is 3. The van der Waals surface area contributed by atoms with E-state index in [1.54, 1.807) is 24.3 Å². The van der Waals surface area contributed by atoms with E-state index in [1.807, 2.05) is 0 Å². The highest BCUT2D eigenvalue weighted by Gasteiger charge is 2.24. The number of hydrogen-bond acceptors (Lipinski definition) is 7. The largest absolute Gasteiger partial charge is 0.493 e. The van der Waals surface area contributed by atoms with Gasteiger partial charge >= 0.3 is 5.97 Å². The molecule has 0 unspecified atom stereocenters. The zero-order valence-electron chi connectivity index (χ0n) is 16.2. The Labute approximate surface area is 181 Å². The molecule has 156 valence electrons. The molecule has 3 rings (SSSR count). The number of carbonyl (C=O) groups excluding carboxylic acids is 1. The average molecular weight is 449 g/mol. The normalized spacial score (nSPS) is 15.9. The zero-order valence-corrected chi connectivity index (χ0v) is 17.8. The maximum Gasteiger partial charge on any atom is 0.337 e. The Bertz CT molecular complexity index is 1060. The summed E-state index contributed by atoms with van der Waals surface area (Å²) >= 11 is 6.99. The van der Waals surface area contributed by atoms with Crippen LogP contribution < -0.4 is 19.5 Å². The first kappa shape index (κ1) is 21.5. The molecular weight excluding hydrogens is 432 g/mol. The lowest BCUT2D eigenvalue weighted by atomic mass is 10.1. The Morgan fingerprint density at radius 2 is 1.80 bits per heavy atom. The van der Waals surface area contributed by atoms with Gasteiger partial charge in [-0.2, -0.15) is 0 Å². The van der Waals surface area contributed by atoms with Crippen molar-refractivity contribution in [2.75, 3.05) is 21.3 Å². The van der Waals surface area contributed by atoms with Crippen LogP contribution in [0.25, 0.3) is 6.08 Å². The van der Waals surface area contributed by atoms with E-state index in [0.717, 1.165) is 11.8 Å². The molecule has 30 heavy (non-hydrogen) atoms. The standard InChI is InChI=1S/C20H17ClN2O6S/c1-27-14-6-10(7-15(28-2)17(14)29-3)8-16-18(24)23-20(30-16)22-11-4-5-13(21)12(9-11)19(25)26/h4-9H,1-3H3,(H,25,26)(H,22,23,24)/b16-8-. The van der Waals surface area contributed by atoms with Crippen molar-refractivity contribution in [3.63, 3.8) is 0 Å². The van der Waals surface area contributed by atoms with E-state index >= 15 is 0 Å². The highest BCUT2D eigenvalue weighted by Crippen LogP contribution is 2.39. The quantitative estimate of drug-likeness (QED) is 0.644. The van der Waals surface area contributed by atoms with E-state index < -0.39 is 5.97 Å². The monoisotopic (exact) mass is 448 g/mol. The van der Waals surface area contributed by atoms with Crippen LogP contribution in [0.3, 0.4) is 0 Å². The van der Waals surface area contributed by atoms with Crippen molar-refractivity contribution < 1.29 is 28.9 Å². The first-order chi connectivity index (χ1) is 14.4. The van der Waals surface area contributed by atoms with Gasteiger partial charge in [-0.15, -0.1) is 0 Å². The summed E-state index contributed by atoms with van der Waals surface area (Å²) in [6.07, 6.45) is 1.66. The number of carboxylic acid groups (broad SMARTS) is 1. The number of thioether (sulfide) groups is 1. The second-order valence-electron chi connectivity index (χ2n) is 5.91. The van der Waals surface area contributed by atoms with Crippen molar-refractivity contribution in [1.82, 2.24) is 5.32 Å². The van der Waals surface area contributed by atoms with Gasteiger partial charge in [-0.25, -0.2) is 9.79 Å². The number of rotatable bonds is 6. The van der Waals surface area contributed by atoms with Crippen molar-refractivity contribution in [3.8, 4) is 17.2 Å². The molecule has 0 bridgehead atoms. The van der Waals surface area contributed by atoms with Gasteiger partial charge in [0.05, 0.1) is 42.5 Å². The predicted octanol–water partition coefficient (Wildman–Crippen LogP) is 3.96. The number of ether oxygens (including phenoxy) is 3. The Morgan fingerprint density at radius 3 is 2.37 bits per heavy atom. The number of benzene rings is 2. The smallest absolute Gasteiger partial charge is 0.337 e. The number of hydrogen-bond donors (Lipinski definition) is 2. The van der Waals surface area contributed by atoms with Crippen LogP contribution in [0.4, 0.5) is 5.69 Å². The minimum absolute atomic E-state index is 0.0685. The van der Waals surface area contributed by atoms with E-state index in [-0.39, 0.29) is 16.5 Å². The third-order valence-corrected chi connectivity index (χ3v) is 5.29. The summed E-state index contributed by atoms with van der Waals surface area (Å²) in [6.45, 7) is 0. The molecule has 0 aromatic heterocycles. The number of amidine groups is 1. The summed E-state index contributed by atoms with van der Waals surface area (Å²) in [4.78, 5) is 28.3. The second-order valence-corrected chi connectivity index (χ2v) is 7.35. The number of aliphatic imine (C=N–C) groups is 1. The first-order valence-corrected chi connectivity index (χ1v) is 9.68. The molecule has 0 spiro atoms. The number of carboxylic acids is 1. The lowest BCUT2D eigenvalue weighted by Crippen LogP contribution is -2.19. The van der Waals surface area contributed by atoms with Gasteiger partial charge in [-0.3, -0.25) is 4.79 Å². The summed E-state index contributed by atoms with van der Waals surface area (Å²) in [5.74, 6) is -0.121. The lowest BCUT2D eigenvalue weighted by molar-refractivity contribution is -0.115. The van der Waals surface area contributed by atoms with Crippen LogP contribution in [-0.4, -0.2) is 43.5 Å². The third-order valence-electron chi connectivity index (χ3n) is 4.05. The number of nitrogens with one attached hydrogen (secondary N) is 1. The summed E-state index contributed by atoms with van der Waals surface area (Å²) in [7, 11) is 4.52. The summed E-state index contributed by atoms with van der Waals surface area (Å²) < 4.78 is 16.0. The molecule has 8 nitrogen and oxygen atoms in total. The van der Waals surface area contributed by atoms with E-state index in [0.29, 0.717) is 38.6 Å². The van der Waals surface area contributed by atoms with Crippen LogP contribution in [0.15, 0.2) is 40.2 Å². The molecule has 10 heteroatoms. The molecule has 0 atom stereocenters. The van der Waals surface area contributed by atoms with E-state index in [4.69, 9.17) is 25.8 Å². The molecule has 2 aromatic rings. The minimum Gasteiger partial charge on any atom is -0.493 e. The van der Waals surface area contributed by atoms with Crippen LogP contribution in [0, 0.1) is 0 Å². The minimum atomic E-state index is -1.16. The van der Waals surface area contributed by atoms with Crippen LogP contribution >= 0.6 is 23.4 Å². The molecule has 1 aliphatic heterocycles. The fourth-order valence-corrected chi connectivity index (χ4v) is 3.72. The summed E-state index contributed by atoms with van der Waals surface area (Å²) in [6, 6.07) is 7.78. The van der Waals surface area contributed by atoms with Crippen molar-refractivity contribution in [2.24, 2.45) is 4.99 Å². The van der Waals surface area contributed by atoms with E-state index in [1.165, 1.54) is 33.5 Å². The Kier molecular flexibility index (Phi) is 6.53. The number of halogens is 1. The fraction of sp³-hybridized carbons (Fsp3) is 0.150. The maximum atomic E-state index is 12.4. The molecule has 1 fully saturated rings.